The first-order valence-electron chi connectivity index (χ1n) is 5.57. The van der Waals surface area contributed by atoms with Crippen molar-refractivity contribution in [1.29, 1.82) is 0 Å². The number of thiazole rings is 1. The van der Waals surface area contributed by atoms with Crippen molar-refractivity contribution >= 4 is 28.6 Å². The van der Waals surface area contributed by atoms with E-state index in [1.165, 1.54) is 11.3 Å². The van der Waals surface area contributed by atoms with Crippen molar-refractivity contribution in [2.45, 2.75) is 20.8 Å². The number of rotatable bonds is 2. The van der Waals surface area contributed by atoms with Gasteiger partial charge in [-0.25, -0.2) is 4.98 Å². The van der Waals surface area contributed by atoms with E-state index in [-0.39, 0.29) is 5.91 Å². The van der Waals surface area contributed by atoms with Crippen molar-refractivity contribution in [3.05, 3.63) is 39.3 Å². The fourth-order valence-corrected chi connectivity index (χ4v) is 2.25. The van der Waals surface area contributed by atoms with E-state index in [1.807, 2.05) is 26.8 Å². The summed E-state index contributed by atoms with van der Waals surface area (Å²) in [7, 11) is 0. The third-order valence-electron chi connectivity index (χ3n) is 2.71. The van der Waals surface area contributed by atoms with Gasteiger partial charge in [0.25, 0.3) is 5.91 Å². The van der Waals surface area contributed by atoms with E-state index in [0.29, 0.717) is 11.4 Å². The van der Waals surface area contributed by atoms with Crippen LogP contribution in [-0.4, -0.2) is 10.9 Å². The van der Waals surface area contributed by atoms with Gasteiger partial charge in [-0.2, -0.15) is 0 Å². The largest absolute Gasteiger partial charge is 0.398 e. The fraction of sp³-hybridized carbons (Fsp3) is 0.231. The van der Waals surface area contributed by atoms with Gasteiger partial charge in [0.15, 0.2) is 0 Å². The maximum atomic E-state index is 12.0. The summed E-state index contributed by atoms with van der Waals surface area (Å²) in [4.78, 5) is 16.1. The van der Waals surface area contributed by atoms with E-state index in [1.54, 1.807) is 11.4 Å². The summed E-state index contributed by atoms with van der Waals surface area (Å²) < 4.78 is 0. The smallest absolute Gasteiger partial charge is 0.275 e. The highest BCUT2D eigenvalue weighted by molar-refractivity contribution is 7.09. The number of nitrogens with zero attached hydrogens (tertiary/aromatic N) is 1. The summed E-state index contributed by atoms with van der Waals surface area (Å²) in [6, 6.07) is 3.74. The monoisotopic (exact) mass is 261 g/mol. The first-order valence-corrected chi connectivity index (χ1v) is 6.45. The molecule has 0 aliphatic heterocycles. The Morgan fingerprint density at radius 2 is 2.00 bits per heavy atom. The number of anilines is 2. The van der Waals surface area contributed by atoms with E-state index < -0.39 is 0 Å². The van der Waals surface area contributed by atoms with Crippen LogP contribution in [-0.2, 0) is 0 Å². The van der Waals surface area contributed by atoms with Gasteiger partial charge in [0.2, 0.25) is 0 Å². The second-order valence-electron chi connectivity index (χ2n) is 4.23. The van der Waals surface area contributed by atoms with Gasteiger partial charge in [-0.15, -0.1) is 11.3 Å². The van der Waals surface area contributed by atoms with Gasteiger partial charge in [0.05, 0.1) is 5.01 Å². The highest BCUT2D eigenvalue weighted by Crippen LogP contribution is 2.23. The molecule has 0 saturated heterocycles. The minimum atomic E-state index is -0.203. The molecule has 0 fully saturated rings. The number of nitrogens with one attached hydrogen (secondary N) is 1. The molecule has 0 saturated carbocycles. The standard InChI is InChI=1S/C13H15N3OS/c1-7-4-8(2)11(5-10(7)14)16-13(17)12-6-18-9(3)15-12/h4-6H,14H2,1-3H3,(H,16,17). The quantitative estimate of drug-likeness (QED) is 0.817. The van der Waals surface area contributed by atoms with E-state index in [0.717, 1.165) is 21.8 Å². The third-order valence-corrected chi connectivity index (χ3v) is 3.49. The molecule has 0 aliphatic rings. The lowest BCUT2D eigenvalue weighted by Gasteiger charge is -2.10. The SMILES string of the molecule is Cc1nc(C(=O)Nc2cc(N)c(C)cc2C)cs1. The zero-order chi connectivity index (χ0) is 13.3. The Hall–Kier alpha value is -1.88. The van der Waals surface area contributed by atoms with Gasteiger partial charge in [0.1, 0.15) is 5.69 Å². The van der Waals surface area contributed by atoms with E-state index in [9.17, 15) is 4.79 Å². The van der Waals surface area contributed by atoms with Crippen molar-refractivity contribution in [1.82, 2.24) is 4.98 Å². The lowest BCUT2D eigenvalue weighted by atomic mass is 10.1. The Morgan fingerprint density at radius 3 is 2.61 bits per heavy atom. The molecule has 2 rings (SSSR count). The normalized spacial score (nSPS) is 10.4. The molecule has 94 valence electrons. The van der Waals surface area contributed by atoms with Crippen LogP contribution in [0.5, 0.6) is 0 Å². The van der Waals surface area contributed by atoms with Crippen LogP contribution in [0, 0.1) is 20.8 Å². The number of aryl methyl sites for hydroxylation is 3. The number of nitrogen functional groups attached to an aromatic ring is 1. The van der Waals surface area contributed by atoms with Crippen molar-refractivity contribution in [2.24, 2.45) is 0 Å². The number of hydrogen-bond donors (Lipinski definition) is 2. The van der Waals surface area contributed by atoms with Crippen LogP contribution >= 0.6 is 11.3 Å². The summed E-state index contributed by atoms with van der Waals surface area (Å²) in [6.45, 7) is 5.75. The van der Waals surface area contributed by atoms with E-state index >= 15 is 0 Å². The third kappa shape index (κ3) is 2.51. The van der Waals surface area contributed by atoms with Gasteiger partial charge >= 0.3 is 0 Å². The van der Waals surface area contributed by atoms with Crippen molar-refractivity contribution in [2.75, 3.05) is 11.1 Å². The number of carbonyl (C=O) groups excluding carboxylic acids is 1. The molecule has 1 aromatic carbocycles. The summed E-state index contributed by atoms with van der Waals surface area (Å²) >= 11 is 1.46. The van der Waals surface area contributed by atoms with Crippen molar-refractivity contribution in [3.63, 3.8) is 0 Å². The van der Waals surface area contributed by atoms with Crippen LogP contribution in [0.1, 0.15) is 26.6 Å². The maximum Gasteiger partial charge on any atom is 0.275 e. The van der Waals surface area contributed by atoms with Gasteiger partial charge in [-0.05, 0) is 38.0 Å². The van der Waals surface area contributed by atoms with Crippen LogP contribution in [0.2, 0.25) is 0 Å². The molecule has 5 heteroatoms. The molecule has 3 N–H and O–H groups in total. The molecule has 4 nitrogen and oxygen atoms in total. The van der Waals surface area contributed by atoms with E-state index in [4.69, 9.17) is 5.73 Å². The zero-order valence-corrected chi connectivity index (χ0v) is 11.4. The number of nitrogens with two attached hydrogens (primary N) is 1. The van der Waals surface area contributed by atoms with Gasteiger partial charge in [-0.1, -0.05) is 6.07 Å². The second kappa shape index (κ2) is 4.78. The Balaban J connectivity index is 2.24. The van der Waals surface area contributed by atoms with Crippen LogP contribution in [0.15, 0.2) is 17.5 Å². The second-order valence-corrected chi connectivity index (χ2v) is 5.29. The van der Waals surface area contributed by atoms with Crippen LogP contribution in [0.4, 0.5) is 11.4 Å². The molecular formula is C13H15N3OS. The van der Waals surface area contributed by atoms with E-state index in [2.05, 4.69) is 10.3 Å². The highest BCUT2D eigenvalue weighted by Gasteiger charge is 2.11. The summed E-state index contributed by atoms with van der Waals surface area (Å²) in [5, 5.41) is 5.46. The Bertz CT molecular complexity index is 604. The zero-order valence-electron chi connectivity index (χ0n) is 10.6. The molecule has 2 aromatic rings. The molecule has 0 spiro atoms. The van der Waals surface area contributed by atoms with Crippen LogP contribution in [0.3, 0.4) is 0 Å². The van der Waals surface area contributed by atoms with Crippen LogP contribution in [0.25, 0.3) is 0 Å². The van der Waals surface area contributed by atoms with Gasteiger partial charge in [-0.3, -0.25) is 4.79 Å². The predicted octanol–water partition coefficient (Wildman–Crippen LogP) is 2.90. The lowest BCUT2D eigenvalue weighted by Crippen LogP contribution is -2.13. The summed E-state index contributed by atoms with van der Waals surface area (Å²) in [5.74, 6) is -0.203. The molecule has 1 amide bonds. The van der Waals surface area contributed by atoms with Gasteiger partial charge in [0, 0.05) is 16.8 Å². The topological polar surface area (TPSA) is 68.0 Å². The summed E-state index contributed by atoms with van der Waals surface area (Å²) in [5.41, 5.74) is 9.68. The minimum absolute atomic E-state index is 0.203. The van der Waals surface area contributed by atoms with Crippen LogP contribution < -0.4 is 11.1 Å². The first kappa shape index (κ1) is 12.6. The molecule has 18 heavy (non-hydrogen) atoms. The first-order chi connectivity index (χ1) is 8.47. The number of carbonyl (C=O) groups is 1. The molecule has 0 bridgehead atoms. The van der Waals surface area contributed by atoms with Crippen molar-refractivity contribution < 1.29 is 4.79 Å². The van der Waals surface area contributed by atoms with Crippen molar-refractivity contribution in [3.8, 4) is 0 Å². The predicted molar refractivity (Wildman–Crippen MR) is 75.1 cm³/mol. The minimum Gasteiger partial charge on any atom is -0.398 e. The number of benzene rings is 1. The molecule has 0 radical (unpaired) electrons. The number of aromatic nitrogens is 1. The summed E-state index contributed by atoms with van der Waals surface area (Å²) in [6.07, 6.45) is 0. The molecule has 0 atom stereocenters. The fourth-order valence-electron chi connectivity index (χ4n) is 1.66. The molecule has 0 unspecified atom stereocenters. The number of hydrogen-bond acceptors (Lipinski definition) is 4. The van der Waals surface area contributed by atoms with Gasteiger partial charge < -0.3 is 11.1 Å². The highest BCUT2D eigenvalue weighted by atomic mass is 32.1. The lowest BCUT2D eigenvalue weighted by molar-refractivity contribution is 0.102. The average molecular weight is 261 g/mol. The molecule has 1 heterocycles. The molecular weight excluding hydrogens is 246 g/mol. The Kier molecular flexibility index (Phi) is 3.34. The average Bonchev–Trinajstić information content (AvgIpc) is 2.73. The Morgan fingerprint density at radius 1 is 1.28 bits per heavy atom. The molecule has 1 aromatic heterocycles. The maximum absolute atomic E-state index is 12.0. The number of amides is 1. The molecule has 0 aliphatic carbocycles. The Labute approximate surface area is 110 Å².